The molecule has 0 fully saturated rings. The third-order valence-electron chi connectivity index (χ3n) is 2.60. The van der Waals surface area contributed by atoms with Gasteiger partial charge in [-0.05, 0) is 19.1 Å². The lowest BCUT2D eigenvalue weighted by atomic mass is 10.3. The number of aromatic nitrogens is 3. The number of nitrogens with zero attached hydrogens (tertiary/aromatic N) is 3. The van der Waals surface area contributed by atoms with E-state index in [0.717, 1.165) is 24.0 Å². The largest absolute Gasteiger partial charge is 0.417 e. The topological polar surface area (TPSA) is 59.3 Å². The summed E-state index contributed by atoms with van der Waals surface area (Å²) in [4.78, 5) is 11.4. The predicted molar refractivity (Wildman–Crippen MR) is 67.4 cm³/mol. The van der Waals surface area contributed by atoms with Crippen LogP contribution in [0.25, 0.3) is 5.65 Å². The molecule has 2 aromatic heterocycles. The average molecular weight is 304 g/mol. The van der Waals surface area contributed by atoms with Crippen molar-refractivity contribution in [1.29, 1.82) is 0 Å². The quantitative estimate of drug-likeness (QED) is 0.881. The van der Waals surface area contributed by atoms with E-state index in [9.17, 15) is 18.0 Å². The van der Waals surface area contributed by atoms with Gasteiger partial charge in [0.2, 0.25) is 5.91 Å². The molecule has 2 rings (SSSR count). The number of alkyl halides is 3. The summed E-state index contributed by atoms with van der Waals surface area (Å²) in [7, 11) is 1.49. The molecule has 9 heteroatoms. The first-order valence-corrected chi connectivity index (χ1v) is 6.51. The van der Waals surface area contributed by atoms with E-state index in [0.29, 0.717) is 5.65 Å². The van der Waals surface area contributed by atoms with E-state index in [2.05, 4.69) is 15.5 Å². The van der Waals surface area contributed by atoms with E-state index in [1.54, 1.807) is 6.92 Å². The number of rotatable bonds is 3. The molecule has 0 saturated carbocycles. The van der Waals surface area contributed by atoms with Crippen molar-refractivity contribution in [2.45, 2.75) is 23.5 Å². The molecule has 2 heterocycles. The van der Waals surface area contributed by atoms with Crippen LogP contribution < -0.4 is 5.32 Å². The standard InChI is InChI=1S/C11H11F3N4OS/c1-6(9(19)15-2)20-10-17-16-8-4-3-7(5-18(8)10)11(12,13)14/h3-6H,1-2H3,(H,15,19). The molecule has 0 radical (unpaired) electrons. The lowest BCUT2D eigenvalue weighted by Gasteiger charge is -2.09. The molecule has 1 unspecified atom stereocenters. The fraction of sp³-hybridized carbons (Fsp3) is 0.364. The van der Waals surface area contributed by atoms with Crippen molar-refractivity contribution in [3.05, 3.63) is 23.9 Å². The number of pyridine rings is 1. The van der Waals surface area contributed by atoms with Gasteiger partial charge in [-0.2, -0.15) is 13.2 Å². The monoisotopic (exact) mass is 304 g/mol. The van der Waals surface area contributed by atoms with Crippen molar-refractivity contribution in [2.75, 3.05) is 7.05 Å². The Balaban J connectivity index is 2.37. The number of hydrogen-bond acceptors (Lipinski definition) is 4. The molecular weight excluding hydrogens is 293 g/mol. The van der Waals surface area contributed by atoms with E-state index in [4.69, 9.17) is 0 Å². The Morgan fingerprint density at radius 3 is 2.70 bits per heavy atom. The van der Waals surface area contributed by atoms with E-state index in [1.807, 2.05) is 0 Å². The Morgan fingerprint density at radius 1 is 1.40 bits per heavy atom. The maximum absolute atomic E-state index is 12.7. The van der Waals surface area contributed by atoms with E-state index >= 15 is 0 Å². The number of amides is 1. The maximum Gasteiger partial charge on any atom is 0.417 e. The second kappa shape index (κ2) is 5.31. The Kier molecular flexibility index (Phi) is 3.89. The van der Waals surface area contributed by atoms with Crippen molar-refractivity contribution >= 4 is 23.3 Å². The lowest BCUT2D eigenvalue weighted by Crippen LogP contribution is -2.27. The van der Waals surface area contributed by atoms with Crippen LogP contribution in [0.5, 0.6) is 0 Å². The summed E-state index contributed by atoms with van der Waals surface area (Å²) in [5.41, 5.74) is -0.496. The minimum absolute atomic E-state index is 0.237. The van der Waals surface area contributed by atoms with Gasteiger partial charge in [-0.3, -0.25) is 9.20 Å². The van der Waals surface area contributed by atoms with Gasteiger partial charge < -0.3 is 5.32 Å². The van der Waals surface area contributed by atoms with Crippen LogP contribution in [-0.2, 0) is 11.0 Å². The molecule has 20 heavy (non-hydrogen) atoms. The minimum atomic E-state index is -4.44. The summed E-state index contributed by atoms with van der Waals surface area (Å²) >= 11 is 1.04. The normalized spacial score (nSPS) is 13.4. The summed E-state index contributed by atoms with van der Waals surface area (Å²) in [6.45, 7) is 1.64. The summed E-state index contributed by atoms with van der Waals surface area (Å²) in [6.07, 6.45) is -3.51. The van der Waals surface area contributed by atoms with Crippen LogP contribution in [0.2, 0.25) is 0 Å². The summed E-state index contributed by atoms with van der Waals surface area (Å²) < 4.78 is 39.3. The molecule has 2 aromatic rings. The number of halogens is 3. The molecule has 0 spiro atoms. The summed E-state index contributed by atoms with van der Waals surface area (Å²) in [6, 6.07) is 2.19. The molecular formula is C11H11F3N4OS. The van der Waals surface area contributed by atoms with Gasteiger partial charge in [-0.1, -0.05) is 11.8 Å². The number of hydrogen-bond donors (Lipinski definition) is 1. The van der Waals surface area contributed by atoms with E-state index in [-0.39, 0.29) is 11.1 Å². The summed E-state index contributed by atoms with van der Waals surface area (Å²) in [5.74, 6) is -0.237. The van der Waals surface area contributed by atoms with Crippen LogP contribution in [0.3, 0.4) is 0 Å². The van der Waals surface area contributed by atoms with Crippen LogP contribution in [0.1, 0.15) is 12.5 Å². The first kappa shape index (κ1) is 14.6. The van der Waals surface area contributed by atoms with Gasteiger partial charge in [0.15, 0.2) is 10.8 Å². The third kappa shape index (κ3) is 2.87. The Hall–Kier alpha value is -1.77. The third-order valence-corrected chi connectivity index (χ3v) is 3.65. The Labute approximate surface area is 116 Å². The molecule has 0 aromatic carbocycles. The van der Waals surface area contributed by atoms with Gasteiger partial charge in [0.05, 0.1) is 10.8 Å². The zero-order chi connectivity index (χ0) is 14.9. The summed E-state index contributed by atoms with van der Waals surface area (Å²) in [5, 5.41) is 9.79. The Morgan fingerprint density at radius 2 is 2.10 bits per heavy atom. The SMILES string of the molecule is CNC(=O)C(C)Sc1nnc2ccc(C(F)(F)F)cn12. The second-order valence-electron chi connectivity index (χ2n) is 4.00. The van der Waals surface area contributed by atoms with Gasteiger partial charge in [-0.25, -0.2) is 0 Å². The molecule has 0 aliphatic rings. The highest BCUT2D eigenvalue weighted by molar-refractivity contribution is 8.00. The first-order chi connectivity index (χ1) is 9.32. The number of carbonyl (C=O) groups is 1. The predicted octanol–water partition coefficient (Wildman–Crippen LogP) is 1.97. The average Bonchev–Trinajstić information content (AvgIpc) is 2.79. The smallest absolute Gasteiger partial charge is 0.358 e. The van der Waals surface area contributed by atoms with Gasteiger partial charge in [0.25, 0.3) is 0 Å². The second-order valence-corrected chi connectivity index (χ2v) is 5.31. The number of nitrogens with one attached hydrogen (secondary N) is 1. The fourth-order valence-corrected chi connectivity index (χ4v) is 2.42. The highest BCUT2D eigenvalue weighted by Crippen LogP contribution is 2.30. The molecule has 0 aliphatic carbocycles. The minimum Gasteiger partial charge on any atom is -0.358 e. The zero-order valence-corrected chi connectivity index (χ0v) is 11.4. The fourth-order valence-electron chi connectivity index (χ4n) is 1.53. The van der Waals surface area contributed by atoms with Crippen LogP contribution in [-0.4, -0.2) is 32.8 Å². The highest BCUT2D eigenvalue weighted by atomic mass is 32.2. The molecule has 1 N–H and O–H groups in total. The van der Waals surface area contributed by atoms with E-state index < -0.39 is 17.0 Å². The number of fused-ring (bicyclic) bond motifs is 1. The van der Waals surface area contributed by atoms with Gasteiger partial charge >= 0.3 is 6.18 Å². The van der Waals surface area contributed by atoms with Crippen LogP contribution in [0.4, 0.5) is 13.2 Å². The van der Waals surface area contributed by atoms with Crippen LogP contribution in [0.15, 0.2) is 23.5 Å². The van der Waals surface area contributed by atoms with Crippen molar-refractivity contribution in [1.82, 2.24) is 19.9 Å². The Bertz CT molecular complexity index is 640. The van der Waals surface area contributed by atoms with Crippen molar-refractivity contribution in [3.8, 4) is 0 Å². The highest BCUT2D eigenvalue weighted by Gasteiger charge is 2.31. The molecule has 0 saturated heterocycles. The van der Waals surface area contributed by atoms with Crippen molar-refractivity contribution in [2.24, 2.45) is 0 Å². The molecule has 1 amide bonds. The number of carbonyl (C=O) groups excluding carboxylic acids is 1. The molecule has 5 nitrogen and oxygen atoms in total. The molecule has 1 atom stereocenters. The molecule has 0 bridgehead atoms. The zero-order valence-electron chi connectivity index (χ0n) is 10.6. The van der Waals surface area contributed by atoms with Crippen LogP contribution >= 0.6 is 11.8 Å². The maximum atomic E-state index is 12.7. The van der Waals surface area contributed by atoms with E-state index in [1.165, 1.54) is 17.5 Å². The van der Waals surface area contributed by atoms with Gasteiger partial charge in [-0.15, -0.1) is 10.2 Å². The molecule has 108 valence electrons. The first-order valence-electron chi connectivity index (χ1n) is 5.63. The van der Waals surface area contributed by atoms with Crippen LogP contribution in [0, 0.1) is 0 Å². The van der Waals surface area contributed by atoms with Crippen molar-refractivity contribution in [3.63, 3.8) is 0 Å². The molecule has 0 aliphatic heterocycles. The van der Waals surface area contributed by atoms with Gasteiger partial charge in [0.1, 0.15) is 0 Å². The van der Waals surface area contributed by atoms with Crippen molar-refractivity contribution < 1.29 is 18.0 Å². The van der Waals surface area contributed by atoms with Gasteiger partial charge in [0, 0.05) is 13.2 Å². The lowest BCUT2D eigenvalue weighted by molar-refractivity contribution is -0.137. The number of thioether (sulfide) groups is 1.